The van der Waals surface area contributed by atoms with Crippen molar-refractivity contribution in [3.8, 4) is 0 Å². The maximum Gasteiger partial charge on any atom is 0.225 e. The van der Waals surface area contributed by atoms with Gasteiger partial charge in [-0.2, -0.15) is 5.10 Å². The Morgan fingerprint density at radius 3 is 2.71 bits per heavy atom. The number of carbonyl (C=O) groups excluding carboxylic acids is 1. The molecule has 1 aromatic heterocycles. The topological polar surface area (TPSA) is 59.0 Å². The van der Waals surface area contributed by atoms with E-state index in [-0.39, 0.29) is 23.3 Å². The van der Waals surface area contributed by atoms with Crippen molar-refractivity contribution in [2.24, 2.45) is 13.0 Å². The third-order valence-electron chi connectivity index (χ3n) is 5.21. The van der Waals surface area contributed by atoms with Gasteiger partial charge in [0.15, 0.2) is 0 Å². The van der Waals surface area contributed by atoms with Gasteiger partial charge in [0.05, 0.1) is 17.7 Å². The van der Waals surface area contributed by atoms with E-state index in [1.165, 1.54) is 0 Å². The molecule has 1 aromatic carbocycles. The van der Waals surface area contributed by atoms with Crippen LogP contribution in [-0.2, 0) is 17.4 Å². The number of carbonyl (C=O) groups is 1. The standard InChI is InChI=1S/C18H21ClN4O/c1-23-11-12(8-21-23)15-9-20-10-16(15)17(24)22-18(6-7-18)13-2-4-14(19)5-3-13/h2-5,8,11,15-16,20H,6-7,9-10H2,1H3,(H,22,24)/t15-,16+/m1/s1. The lowest BCUT2D eigenvalue weighted by Crippen LogP contribution is -2.41. The van der Waals surface area contributed by atoms with Gasteiger partial charge in [-0.05, 0) is 36.1 Å². The highest BCUT2D eigenvalue weighted by atomic mass is 35.5. The maximum absolute atomic E-state index is 12.9. The monoisotopic (exact) mass is 344 g/mol. The molecule has 1 amide bonds. The lowest BCUT2D eigenvalue weighted by atomic mass is 9.89. The molecule has 5 nitrogen and oxygen atoms in total. The zero-order valence-corrected chi connectivity index (χ0v) is 14.4. The summed E-state index contributed by atoms with van der Waals surface area (Å²) in [5, 5.41) is 11.6. The van der Waals surface area contributed by atoms with E-state index >= 15 is 0 Å². The van der Waals surface area contributed by atoms with Crippen LogP contribution in [0, 0.1) is 5.92 Å². The quantitative estimate of drug-likeness (QED) is 0.893. The van der Waals surface area contributed by atoms with Crippen molar-refractivity contribution >= 4 is 17.5 Å². The summed E-state index contributed by atoms with van der Waals surface area (Å²) in [4.78, 5) is 12.9. The molecular formula is C18H21ClN4O. The molecule has 2 atom stereocenters. The molecule has 1 aliphatic heterocycles. The van der Waals surface area contributed by atoms with Gasteiger partial charge in [0.1, 0.15) is 0 Å². The van der Waals surface area contributed by atoms with Gasteiger partial charge in [-0.25, -0.2) is 0 Å². The van der Waals surface area contributed by atoms with Crippen LogP contribution < -0.4 is 10.6 Å². The average molecular weight is 345 g/mol. The molecule has 24 heavy (non-hydrogen) atoms. The first kappa shape index (κ1) is 15.7. The lowest BCUT2D eigenvalue weighted by Gasteiger charge is -2.23. The number of nitrogens with zero attached hydrogens (tertiary/aromatic N) is 2. The van der Waals surface area contributed by atoms with Crippen LogP contribution in [0.2, 0.25) is 5.02 Å². The van der Waals surface area contributed by atoms with Gasteiger partial charge in [-0.3, -0.25) is 9.48 Å². The fraction of sp³-hybridized carbons (Fsp3) is 0.444. The van der Waals surface area contributed by atoms with Gasteiger partial charge in [0.25, 0.3) is 0 Å². The van der Waals surface area contributed by atoms with Crippen molar-refractivity contribution in [3.05, 3.63) is 52.8 Å². The molecule has 4 rings (SSSR count). The number of amides is 1. The predicted octanol–water partition coefficient (Wildman–Crippen LogP) is 2.18. The summed E-state index contributed by atoms with van der Waals surface area (Å²) < 4.78 is 1.79. The third-order valence-corrected chi connectivity index (χ3v) is 5.47. The Labute approximate surface area is 146 Å². The first-order valence-electron chi connectivity index (χ1n) is 8.35. The minimum atomic E-state index is -0.205. The van der Waals surface area contributed by atoms with E-state index < -0.39 is 0 Å². The first-order valence-corrected chi connectivity index (χ1v) is 8.72. The fourth-order valence-electron chi connectivity index (χ4n) is 3.64. The number of aromatic nitrogens is 2. The Morgan fingerprint density at radius 1 is 1.33 bits per heavy atom. The molecule has 2 heterocycles. The molecule has 0 radical (unpaired) electrons. The first-order chi connectivity index (χ1) is 11.6. The summed E-state index contributed by atoms with van der Waals surface area (Å²) in [6.07, 6.45) is 5.84. The molecule has 1 aliphatic carbocycles. The number of halogens is 1. The van der Waals surface area contributed by atoms with Crippen LogP contribution in [0.15, 0.2) is 36.7 Å². The summed E-state index contributed by atoms with van der Waals surface area (Å²) in [5.41, 5.74) is 2.06. The summed E-state index contributed by atoms with van der Waals surface area (Å²) in [6.45, 7) is 1.53. The number of benzene rings is 1. The minimum Gasteiger partial charge on any atom is -0.346 e. The van der Waals surface area contributed by atoms with Crippen LogP contribution in [0.3, 0.4) is 0 Å². The van der Waals surface area contributed by atoms with Gasteiger partial charge < -0.3 is 10.6 Å². The summed E-state index contributed by atoms with van der Waals surface area (Å²) >= 11 is 5.98. The van der Waals surface area contributed by atoms with Crippen molar-refractivity contribution in [2.45, 2.75) is 24.3 Å². The zero-order valence-electron chi connectivity index (χ0n) is 13.6. The molecule has 0 unspecified atom stereocenters. The van der Waals surface area contributed by atoms with E-state index in [1.54, 1.807) is 4.68 Å². The van der Waals surface area contributed by atoms with Crippen molar-refractivity contribution < 1.29 is 4.79 Å². The Hall–Kier alpha value is -1.85. The van der Waals surface area contributed by atoms with Crippen LogP contribution >= 0.6 is 11.6 Å². The van der Waals surface area contributed by atoms with Gasteiger partial charge in [-0.1, -0.05) is 23.7 Å². The summed E-state index contributed by atoms with van der Waals surface area (Å²) in [7, 11) is 1.90. The van der Waals surface area contributed by atoms with Gasteiger partial charge in [0, 0.05) is 37.3 Å². The summed E-state index contributed by atoms with van der Waals surface area (Å²) in [5.74, 6) is 0.250. The van der Waals surface area contributed by atoms with Crippen molar-refractivity contribution in [1.29, 1.82) is 0 Å². The highest BCUT2D eigenvalue weighted by molar-refractivity contribution is 6.30. The average Bonchev–Trinajstić information content (AvgIpc) is 2.98. The molecule has 2 aliphatic rings. The second-order valence-electron chi connectivity index (χ2n) is 6.90. The Kier molecular flexibility index (Phi) is 3.85. The zero-order chi connectivity index (χ0) is 16.7. The van der Waals surface area contributed by atoms with E-state index in [9.17, 15) is 4.79 Å². The van der Waals surface area contributed by atoms with Crippen LogP contribution in [-0.4, -0.2) is 28.8 Å². The Bertz CT molecular complexity index is 751. The normalized spacial score (nSPS) is 24.8. The molecule has 1 saturated heterocycles. The Morgan fingerprint density at radius 2 is 2.08 bits per heavy atom. The smallest absolute Gasteiger partial charge is 0.225 e. The highest BCUT2D eigenvalue weighted by Gasteiger charge is 2.47. The van der Waals surface area contributed by atoms with Crippen molar-refractivity contribution in [1.82, 2.24) is 20.4 Å². The van der Waals surface area contributed by atoms with Gasteiger partial charge in [0.2, 0.25) is 5.91 Å². The number of aryl methyl sites for hydroxylation is 1. The number of rotatable bonds is 4. The van der Waals surface area contributed by atoms with Gasteiger partial charge >= 0.3 is 0 Å². The van der Waals surface area contributed by atoms with E-state index in [1.807, 2.05) is 43.7 Å². The molecule has 1 saturated carbocycles. The van der Waals surface area contributed by atoms with Crippen LogP contribution in [0.1, 0.15) is 29.9 Å². The predicted molar refractivity (Wildman–Crippen MR) is 92.8 cm³/mol. The maximum atomic E-state index is 12.9. The molecule has 2 N–H and O–H groups in total. The molecule has 0 bridgehead atoms. The molecular weight excluding hydrogens is 324 g/mol. The number of nitrogens with one attached hydrogen (secondary N) is 2. The third kappa shape index (κ3) is 2.82. The number of hydrogen-bond acceptors (Lipinski definition) is 3. The minimum absolute atomic E-state index is 0.0565. The van der Waals surface area contributed by atoms with Crippen LogP contribution in [0.4, 0.5) is 0 Å². The molecule has 0 spiro atoms. The fourth-order valence-corrected chi connectivity index (χ4v) is 3.77. The van der Waals surface area contributed by atoms with Crippen molar-refractivity contribution in [3.63, 3.8) is 0 Å². The summed E-state index contributed by atoms with van der Waals surface area (Å²) in [6, 6.07) is 7.81. The molecule has 126 valence electrons. The Balaban J connectivity index is 1.50. The number of hydrogen-bond donors (Lipinski definition) is 2. The van der Waals surface area contributed by atoms with E-state index in [4.69, 9.17) is 11.6 Å². The van der Waals surface area contributed by atoms with E-state index in [0.29, 0.717) is 6.54 Å². The van der Waals surface area contributed by atoms with Crippen LogP contribution in [0.25, 0.3) is 0 Å². The van der Waals surface area contributed by atoms with Gasteiger partial charge in [-0.15, -0.1) is 0 Å². The molecule has 2 aromatic rings. The molecule has 6 heteroatoms. The largest absolute Gasteiger partial charge is 0.346 e. The van der Waals surface area contributed by atoms with E-state index in [0.717, 1.165) is 35.5 Å². The van der Waals surface area contributed by atoms with Crippen LogP contribution in [0.5, 0.6) is 0 Å². The molecule has 2 fully saturated rings. The lowest BCUT2D eigenvalue weighted by molar-refractivity contribution is -0.125. The second-order valence-corrected chi connectivity index (χ2v) is 7.33. The second kappa shape index (κ2) is 5.90. The van der Waals surface area contributed by atoms with Crippen molar-refractivity contribution in [2.75, 3.05) is 13.1 Å². The van der Waals surface area contributed by atoms with E-state index in [2.05, 4.69) is 15.7 Å². The SMILES string of the molecule is Cn1cc([C@H]2CNC[C@@H]2C(=O)NC2(c3ccc(Cl)cc3)CC2)cn1. The highest BCUT2D eigenvalue weighted by Crippen LogP contribution is 2.46.